The fourth-order valence-electron chi connectivity index (χ4n) is 8.00. The van der Waals surface area contributed by atoms with Crippen molar-refractivity contribution in [1.29, 1.82) is 0 Å². The van der Waals surface area contributed by atoms with Gasteiger partial charge in [0.1, 0.15) is 29.6 Å². The van der Waals surface area contributed by atoms with E-state index in [1.165, 1.54) is 0 Å². The van der Waals surface area contributed by atoms with Gasteiger partial charge in [-0.1, -0.05) is 0 Å². The average Bonchev–Trinajstić information content (AvgIpc) is 3.92. The second-order valence-corrected chi connectivity index (χ2v) is 14.9. The molecular weight excluding hydrogens is 634 g/mol. The number of aryl methyl sites for hydroxylation is 1. The number of pyridine rings is 2. The summed E-state index contributed by atoms with van der Waals surface area (Å²) in [4.78, 5) is 45.3. The normalized spacial score (nSPS) is 25.8. The molecular formula is C39H51N5O6. The van der Waals surface area contributed by atoms with E-state index in [4.69, 9.17) is 28.8 Å². The highest BCUT2D eigenvalue weighted by Crippen LogP contribution is 2.41. The number of hydrogen-bond acceptors (Lipinski definition) is 9. The lowest BCUT2D eigenvalue weighted by Crippen LogP contribution is -2.43. The van der Waals surface area contributed by atoms with Gasteiger partial charge in [0.2, 0.25) is 5.91 Å². The van der Waals surface area contributed by atoms with Gasteiger partial charge in [0, 0.05) is 54.8 Å². The molecule has 2 amide bonds. The number of aliphatic hydroxyl groups is 1. The number of aromatic nitrogens is 3. The third kappa shape index (κ3) is 8.14. The molecule has 1 aliphatic heterocycles. The standard InChI is InChI=1S/C39H51N5O6/c1-25-35(48-2)16-15-33(41-25)27-7-5-26(6-8-27)23-44(36-22-30(17-19-40-36)34-24-49-37(42-34)28-9-10-28)38(46)29-11-13-32(14-12-29)50-39(47)43-20-3-4-31(45)18-21-43/h15-17,19,22,24,26-29,31-32,45H,3-14,18,20-21,23H2,1-2H3. The number of amides is 2. The van der Waals surface area contributed by atoms with Crippen LogP contribution in [0.3, 0.4) is 0 Å². The summed E-state index contributed by atoms with van der Waals surface area (Å²) in [5.41, 5.74) is 3.70. The van der Waals surface area contributed by atoms with E-state index in [0.717, 1.165) is 79.2 Å². The van der Waals surface area contributed by atoms with Gasteiger partial charge in [-0.3, -0.25) is 14.7 Å². The molecule has 0 bridgehead atoms. The summed E-state index contributed by atoms with van der Waals surface area (Å²) in [6.45, 7) is 3.73. The van der Waals surface area contributed by atoms with Crippen molar-refractivity contribution in [1.82, 2.24) is 19.9 Å². The number of nitrogens with zero attached hydrogens (tertiary/aromatic N) is 5. The molecule has 1 unspecified atom stereocenters. The Balaban J connectivity index is 1.02. The maximum Gasteiger partial charge on any atom is 0.410 e. The van der Waals surface area contributed by atoms with E-state index >= 15 is 0 Å². The van der Waals surface area contributed by atoms with Crippen LogP contribution >= 0.6 is 0 Å². The molecule has 1 saturated heterocycles. The summed E-state index contributed by atoms with van der Waals surface area (Å²) in [6.07, 6.45) is 13.6. The van der Waals surface area contributed by atoms with Crippen molar-refractivity contribution in [3.63, 3.8) is 0 Å². The van der Waals surface area contributed by atoms with Gasteiger partial charge in [-0.2, -0.15) is 0 Å². The highest BCUT2D eigenvalue weighted by Gasteiger charge is 2.35. The molecule has 1 atom stereocenters. The van der Waals surface area contributed by atoms with Crippen LogP contribution in [0, 0.1) is 18.8 Å². The van der Waals surface area contributed by atoms with E-state index in [1.54, 1.807) is 24.5 Å². The van der Waals surface area contributed by atoms with Gasteiger partial charge in [0.05, 0.1) is 18.9 Å². The van der Waals surface area contributed by atoms with Crippen LogP contribution in [0.1, 0.15) is 113 Å². The topological polar surface area (TPSA) is 131 Å². The minimum atomic E-state index is -0.353. The van der Waals surface area contributed by atoms with Crippen LogP contribution in [0.15, 0.2) is 41.1 Å². The molecule has 3 aromatic heterocycles. The van der Waals surface area contributed by atoms with Gasteiger partial charge in [-0.15, -0.1) is 0 Å². The molecule has 3 aromatic rings. The average molecular weight is 686 g/mol. The Bertz CT molecular complexity index is 1620. The first-order chi connectivity index (χ1) is 24.3. The Morgan fingerprint density at radius 3 is 2.46 bits per heavy atom. The third-order valence-corrected chi connectivity index (χ3v) is 11.3. The molecule has 3 aliphatic carbocycles. The van der Waals surface area contributed by atoms with Crippen LogP contribution in [0.2, 0.25) is 0 Å². The monoisotopic (exact) mass is 685 g/mol. The first kappa shape index (κ1) is 34.5. The molecule has 268 valence electrons. The third-order valence-electron chi connectivity index (χ3n) is 11.3. The Kier molecular flexibility index (Phi) is 10.7. The fraction of sp³-hybridized carbons (Fsp3) is 0.615. The van der Waals surface area contributed by atoms with Gasteiger partial charge >= 0.3 is 6.09 Å². The van der Waals surface area contributed by atoms with E-state index in [-0.39, 0.29) is 30.1 Å². The SMILES string of the molecule is COc1ccc(C2CCC(CN(C(=O)C3CCC(OC(=O)N4CCCC(O)CC4)CC3)c3cc(-c4coc(C5CC5)n4)ccn3)CC2)nc1C. The largest absolute Gasteiger partial charge is 0.495 e. The van der Waals surface area contributed by atoms with Gasteiger partial charge in [-0.25, -0.2) is 14.8 Å². The molecule has 4 heterocycles. The highest BCUT2D eigenvalue weighted by atomic mass is 16.6. The number of ether oxygens (including phenoxy) is 2. The highest BCUT2D eigenvalue weighted by molar-refractivity contribution is 5.94. The van der Waals surface area contributed by atoms with Crippen molar-refractivity contribution in [2.75, 3.05) is 31.6 Å². The lowest BCUT2D eigenvalue weighted by Gasteiger charge is -2.36. The Labute approximate surface area is 294 Å². The maximum absolute atomic E-state index is 14.4. The van der Waals surface area contributed by atoms with E-state index in [2.05, 4.69) is 6.07 Å². The Morgan fingerprint density at radius 2 is 1.72 bits per heavy atom. The molecule has 0 spiro atoms. The number of rotatable bonds is 9. The number of likely N-dealkylation sites (tertiary alicyclic amines) is 1. The summed E-state index contributed by atoms with van der Waals surface area (Å²) in [5.74, 6) is 3.33. The van der Waals surface area contributed by atoms with Gasteiger partial charge in [-0.05, 0) is 121 Å². The van der Waals surface area contributed by atoms with Crippen molar-refractivity contribution >= 4 is 17.8 Å². The Morgan fingerprint density at radius 1 is 0.940 bits per heavy atom. The van der Waals surface area contributed by atoms with Crippen molar-refractivity contribution < 1.29 is 28.6 Å². The van der Waals surface area contributed by atoms with E-state index in [1.807, 2.05) is 30.0 Å². The zero-order valence-corrected chi connectivity index (χ0v) is 29.5. The lowest BCUT2D eigenvalue weighted by molar-refractivity contribution is -0.124. The summed E-state index contributed by atoms with van der Waals surface area (Å²) in [7, 11) is 1.68. The summed E-state index contributed by atoms with van der Waals surface area (Å²) in [6, 6.07) is 8.02. The second-order valence-electron chi connectivity index (χ2n) is 14.9. The van der Waals surface area contributed by atoms with E-state index in [0.29, 0.717) is 81.7 Å². The number of aliphatic hydroxyl groups excluding tert-OH is 1. The molecule has 4 fully saturated rings. The summed E-state index contributed by atoms with van der Waals surface area (Å²) < 4.78 is 17.1. The van der Waals surface area contributed by atoms with Crippen molar-refractivity contribution in [3.05, 3.63) is 54.0 Å². The number of carbonyl (C=O) groups excluding carboxylic acids is 2. The molecule has 50 heavy (non-hydrogen) atoms. The number of hydrogen-bond donors (Lipinski definition) is 1. The van der Waals surface area contributed by atoms with Gasteiger partial charge in [0.25, 0.3) is 0 Å². The van der Waals surface area contributed by atoms with Gasteiger partial charge < -0.3 is 23.9 Å². The van der Waals surface area contributed by atoms with Crippen molar-refractivity contribution in [2.45, 2.75) is 114 Å². The van der Waals surface area contributed by atoms with E-state index in [9.17, 15) is 14.7 Å². The summed E-state index contributed by atoms with van der Waals surface area (Å²) in [5, 5.41) is 9.97. The molecule has 11 heteroatoms. The van der Waals surface area contributed by atoms with Crippen molar-refractivity contribution in [3.8, 4) is 17.0 Å². The predicted octanol–water partition coefficient (Wildman–Crippen LogP) is 7.18. The van der Waals surface area contributed by atoms with Crippen LogP contribution in [0.4, 0.5) is 10.6 Å². The smallest absolute Gasteiger partial charge is 0.410 e. The van der Waals surface area contributed by atoms with E-state index < -0.39 is 0 Å². The lowest BCUT2D eigenvalue weighted by atomic mass is 9.79. The van der Waals surface area contributed by atoms with Gasteiger partial charge in [0.15, 0.2) is 5.89 Å². The minimum Gasteiger partial charge on any atom is -0.495 e. The van der Waals surface area contributed by atoms with Crippen LogP contribution in [0.25, 0.3) is 11.3 Å². The minimum absolute atomic E-state index is 0.0920. The molecule has 11 nitrogen and oxygen atoms in total. The number of methoxy groups -OCH3 is 1. The molecule has 7 rings (SSSR count). The molecule has 0 radical (unpaired) electrons. The second kappa shape index (κ2) is 15.5. The predicted molar refractivity (Wildman–Crippen MR) is 188 cm³/mol. The zero-order chi connectivity index (χ0) is 34.6. The number of carbonyl (C=O) groups is 2. The zero-order valence-electron chi connectivity index (χ0n) is 29.5. The fourth-order valence-corrected chi connectivity index (χ4v) is 8.00. The van der Waals surface area contributed by atoms with Crippen LogP contribution in [0.5, 0.6) is 5.75 Å². The molecule has 0 aromatic carbocycles. The van der Waals surface area contributed by atoms with Crippen LogP contribution in [-0.4, -0.2) is 75.9 Å². The maximum atomic E-state index is 14.4. The molecule has 3 saturated carbocycles. The van der Waals surface area contributed by atoms with Crippen LogP contribution < -0.4 is 9.64 Å². The Hall–Kier alpha value is -3.99. The first-order valence-corrected chi connectivity index (χ1v) is 18.7. The number of oxazole rings is 1. The summed E-state index contributed by atoms with van der Waals surface area (Å²) >= 11 is 0. The molecule has 1 N–H and O–H groups in total. The number of anilines is 1. The quantitative estimate of drug-likeness (QED) is 0.249. The molecule has 4 aliphatic rings. The van der Waals surface area contributed by atoms with Crippen molar-refractivity contribution in [2.24, 2.45) is 11.8 Å². The first-order valence-electron chi connectivity index (χ1n) is 18.7. The van der Waals surface area contributed by atoms with Crippen LogP contribution in [-0.2, 0) is 9.53 Å².